The van der Waals surface area contributed by atoms with Gasteiger partial charge in [0.15, 0.2) is 12.4 Å². The van der Waals surface area contributed by atoms with Crippen LogP contribution in [0.3, 0.4) is 0 Å². The molecule has 8 heteroatoms. The highest BCUT2D eigenvalue weighted by atomic mass is 16.5. The van der Waals surface area contributed by atoms with E-state index < -0.39 is 42.4 Å². The largest absolute Gasteiger partial charge is 0.497 e. The second kappa shape index (κ2) is 6.69. The molecule has 0 aromatic heterocycles. The van der Waals surface area contributed by atoms with E-state index >= 15 is 0 Å². The van der Waals surface area contributed by atoms with Crippen LogP contribution in [0.1, 0.15) is 24.2 Å². The maximum Gasteiger partial charge on any atom is 0.326 e. The fraction of sp³-hybridized carbons (Fsp3) is 0.375. The molecule has 128 valence electrons. The lowest BCUT2D eigenvalue weighted by Gasteiger charge is -2.15. The van der Waals surface area contributed by atoms with Crippen LogP contribution in [0.25, 0.3) is 0 Å². The highest BCUT2D eigenvalue weighted by Gasteiger charge is 2.45. The van der Waals surface area contributed by atoms with Gasteiger partial charge in [-0.1, -0.05) is 12.1 Å². The highest BCUT2D eigenvalue weighted by molar-refractivity contribution is 6.08. The molecule has 1 fully saturated rings. The van der Waals surface area contributed by atoms with E-state index in [1.54, 1.807) is 18.2 Å². The van der Waals surface area contributed by atoms with Gasteiger partial charge >= 0.3 is 12.0 Å². The summed E-state index contributed by atoms with van der Waals surface area (Å²) >= 11 is 0. The third-order valence-corrected chi connectivity index (χ3v) is 3.49. The molecule has 1 saturated heterocycles. The minimum atomic E-state index is -1.06. The summed E-state index contributed by atoms with van der Waals surface area (Å²) in [6.07, 6.45) is 0. The lowest BCUT2D eigenvalue weighted by atomic mass is 10.1. The Morgan fingerprint density at radius 2 is 1.96 bits per heavy atom. The number of carbonyl (C=O) groups excluding carboxylic acids is 4. The summed E-state index contributed by atoms with van der Waals surface area (Å²) in [4.78, 5) is 48.2. The van der Waals surface area contributed by atoms with Crippen LogP contribution in [0.5, 0.6) is 5.75 Å². The van der Waals surface area contributed by atoms with Gasteiger partial charge < -0.3 is 14.8 Å². The number of imide groups is 1. The van der Waals surface area contributed by atoms with Crippen molar-refractivity contribution in [3.8, 4) is 5.75 Å². The van der Waals surface area contributed by atoms with E-state index in [0.717, 1.165) is 4.90 Å². The Bertz CT molecular complexity index is 698. The molecule has 0 saturated carbocycles. The molecule has 0 spiro atoms. The number of esters is 1. The molecule has 0 radical (unpaired) electrons. The van der Waals surface area contributed by atoms with Gasteiger partial charge in [0.2, 0.25) is 0 Å². The summed E-state index contributed by atoms with van der Waals surface area (Å²) in [7, 11) is 1.48. The van der Waals surface area contributed by atoms with Gasteiger partial charge in [0.25, 0.3) is 5.91 Å². The average Bonchev–Trinajstić information content (AvgIpc) is 2.74. The predicted octanol–water partition coefficient (Wildman–Crippen LogP) is 0.751. The van der Waals surface area contributed by atoms with E-state index in [9.17, 15) is 19.2 Å². The molecule has 1 aliphatic heterocycles. The SMILES string of the molecule is COc1cccc(C(=O)COC(=O)CN2C(=O)NC(C)(C)C2=O)c1. The lowest BCUT2D eigenvalue weighted by Crippen LogP contribution is -2.41. The molecule has 0 atom stereocenters. The van der Waals surface area contributed by atoms with Crippen LogP contribution >= 0.6 is 0 Å². The fourth-order valence-electron chi connectivity index (χ4n) is 2.16. The minimum absolute atomic E-state index is 0.332. The topological polar surface area (TPSA) is 102 Å². The number of Topliss-reactive ketones (excluding diaryl/α,β-unsaturated/α-hetero) is 1. The van der Waals surface area contributed by atoms with Crippen molar-refractivity contribution in [2.24, 2.45) is 0 Å². The fourth-order valence-corrected chi connectivity index (χ4v) is 2.16. The van der Waals surface area contributed by atoms with Gasteiger partial charge in [0.1, 0.15) is 17.8 Å². The second-order valence-corrected chi connectivity index (χ2v) is 5.76. The molecular formula is C16H18N2O6. The Balaban J connectivity index is 1.90. The van der Waals surface area contributed by atoms with E-state index in [4.69, 9.17) is 9.47 Å². The van der Waals surface area contributed by atoms with Crippen molar-refractivity contribution in [3.05, 3.63) is 29.8 Å². The van der Waals surface area contributed by atoms with Gasteiger partial charge in [-0.2, -0.15) is 0 Å². The van der Waals surface area contributed by atoms with E-state index in [0.29, 0.717) is 11.3 Å². The van der Waals surface area contributed by atoms with Crippen LogP contribution in [0.2, 0.25) is 0 Å². The number of carbonyl (C=O) groups is 4. The number of ether oxygens (including phenoxy) is 2. The van der Waals surface area contributed by atoms with Gasteiger partial charge in [-0.25, -0.2) is 4.79 Å². The zero-order valence-corrected chi connectivity index (χ0v) is 13.6. The van der Waals surface area contributed by atoms with Crippen LogP contribution in [0.15, 0.2) is 24.3 Å². The monoisotopic (exact) mass is 334 g/mol. The molecule has 1 heterocycles. The van der Waals surface area contributed by atoms with Gasteiger partial charge in [0.05, 0.1) is 7.11 Å². The van der Waals surface area contributed by atoms with Crippen molar-refractivity contribution in [1.29, 1.82) is 0 Å². The second-order valence-electron chi connectivity index (χ2n) is 5.76. The molecule has 2 rings (SSSR count). The van der Waals surface area contributed by atoms with E-state index in [1.807, 2.05) is 0 Å². The van der Waals surface area contributed by atoms with Crippen molar-refractivity contribution < 1.29 is 28.7 Å². The summed E-state index contributed by atoms with van der Waals surface area (Å²) in [6.45, 7) is 2.04. The molecule has 1 N–H and O–H groups in total. The third-order valence-electron chi connectivity index (χ3n) is 3.49. The van der Waals surface area contributed by atoms with E-state index in [1.165, 1.54) is 27.0 Å². The van der Waals surface area contributed by atoms with Gasteiger partial charge in [-0.15, -0.1) is 0 Å². The third kappa shape index (κ3) is 3.70. The maximum atomic E-state index is 12.0. The first-order valence-electron chi connectivity index (χ1n) is 7.21. The summed E-state index contributed by atoms with van der Waals surface area (Å²) in [5, 5.41) is 2.45. The summed E-state index contributed by atoms with van der Waals surface area (Å²) in [6, 6.07) is 5.75. The number of nitrogens with one attached hydrogen (secondary N) is 1. The molecule has 8 nitrogen and oxygen atoms in total. The number of hydrogen-bond acceptors (Lipinski definition) is 6. The maximum absolute atomic E-state index is 12.0. The quantitative estimate of drug-likeness (QED) is 0.468. The van der Waals surface area contributed by atoms with Crippen LogP contribution in [0, 0.1) is 0 Å². The Labute approximate surface area is 138 Å². The first kappa shape index (κ1) is 17.5. The number of hydrogen-bond donors (Lipinski definition) is 1. The number of nitrogens with zero attached hydrogens (tertiary/aromatic N) is 1. The smallest absolute Gasteiger partial charge is 0.326 e. The molecule has 1 aromatic rings. The Kier molecular flexibility index (Phi) is 4.87. The molecule has 3 amide bonds. The van der Waals surface area contributed by atoms with E-state index in [-0.39, 0.29) is 0 Å². The zero-order valence-electron chi connectivity index (χ0n) is 13.6. The number of ketones is 1. The molecule has 24 heavy (non-hydrogen) atoms. The van der Waals surface area contributed by atoms with Crippen LogP contribution < -0.4 is 10.1 Å². The Hall–Kier alpha value is -2.90. The van der Waals surface area contributed by atoms with Crippen LogP contribution in [0.4, 0.5) is 4.79 Å². The number of benzene rings is 1. The van der Waals surface area contributed by atoms with E-state index in [2.05, 4.69) is 5.32 Å². The van der Waals surface area contributed by atoms with Gasteiger partial charge in [-0.3, -0.25) is 19.3 Å². The first-order chi connectivity index (χ1) is 11.2. The molecule has 1 aliphatic rings. The number of methoxy groups -OCH3 is 1. The first-order valence-corrected chi connectivity index (χ1v) is 7.21. The standard InChI is InChI=1S/C16H18N2O6/c1-16(2)14(21)18(15(22)17-16)8-13(20)24-9-12(19)10-5-4-6-11(7-10)23-3/h4-7H,8-9H2,1-3H3,(H,17,22). The number of amides is 3. The van der Waals surface area contributed by atoms with Crippen LogP contribution in [-0.2, 0) is 14.3 Å². The highest BCUT2D eigenvalue weighted by Crippen LogP contribution is 2.16. The average molecular weight is 334 g/mol. The molecule has 1 aromatic carbocycles. The van der Waals surface area contributed by atoms with Crippen molar-refractivity contribution in [2.45, 2.75) is 19.4 Å². The molecule has 0 bridgehead atoms. The van der Waals surface area contributed by atoms with Crippen molar-refractivity contribution in [2.75, 3.05) is 20.3 Å². The zero-order chi connectivity index (χ0) is 17.9. The van der Waals surface area contributed by atoms with Crippen LogP contribution in [-0.4, -0.2) is 54.4 Å². The summed E-state index contributed by atoms with van der Waals surface area (Å²) in [5.74, 6) is -1.27. The van der Waals surface area contributed by atoms with Crippen molar-refractivity contribution in [3.63, 3.8) is 0 Å². The summed E-state index contributed by atoms with van der Waals surface area (Å²) in [5.41, 5.74) is -0.730. The Morgan fingerprint density at radius 3 is 2.54 bits per heavy atom. The summed E-state index contributed by atoms with van der Waals surface area (Å²) < 4.78 is 9.87. The number of rotatable bonds is 6. The van der Waals surface area contributed by atoms with Gasteiger partial charge in [0, 0.05) is 5.56 Å². The molecule has 0 unspecified atom stereocenters. The normalized spacial score (nSPS) is 15.9. The molecular weight excluding hydrogens is 316 g/mol. The predicted molar refractivity (Wildman–Crippen MR) is 82.6 cm³/mol. The van der Waals surface area contributed by atoms with Gasteiger partial charge in [-0.05, 0) is 26.0 Å². The number of urea groups is 1. The van der Waals surface area contributed by atoms with Crippen molar-refractivity contribution >= 4 is 23.7 Å². The lowest BCUT2D eigenvalue weighted by molar-refractivity contribution is -0.146. The van der Waals surface area contributed by atoms with Crippen molar-refractivity contribution in [1.82, 2.24) is 10.2 Å². The Morgan fingerprint density at radius 1 is 1.25 bits per heavy atom. The minimum Gasteiger partial charge on any atom is -0.497 e. The molecule has 0 aliphatic carbocycles.